The largest absolute Gasteiger partial charge is 1.00 e. The van der Waals surface area contributed by atoms with E-state index in [-0.39, 0.29) is 35.5 Å². The second-order valence-electron chi connectivity index (χ2n) is 6.25. The SMILES string of the molecule is CC(=O)O.O=C1NC(=Nc2cc[c-]cc2)S/C1=C/c1cccc(-c2ccccc2)c1.[Na+]. The van der Waals surface area contributed by atoms with Crippen LogP contribution in [0.5, 0.6) is 0 Å². The number of hydrogen-bond acceptors (Lipinski definition) is 4. The van der Waals surface area contributed by atoms with E-state index in [1.807, 2.05) is 48.5 Å². The van der Waals surface area contributed by atoms with Gasteiger partial charge in [-0.3, -0.25) is 14.6 Å². The number of carboxylic acid groups (broad SMARTS) is 1. The number of carbonyl (C=O) groups excluding carboxylic acids is 1. The van der Waals surface area contributed by atoms with Gasteiger partial charge in [-0.25, -0.2) is 0 Å². The third kappa shape index (κ3) is 7.84. The van der Waals surface area contributed by atoms with Crippen LogP contribution in [0.25, 0.3) is 17.2 Å². The average Bonchev–Trinajstić information content (AvgIpc) is 3.08. The Bertz CT molecular complexity index is 1100. The normalized spacial score (nSPS) is 14.9. The van der Waals surface area contributed by atoms with Crippen LogP contribution in [0.3, 0.4) is 0 Å². The molecule has 1 saturated heterocycles. The van der Waals surface area contributed by atoms with Crippen molar-refractivity contribution in [3.05, 3.63) is 95.4 Å². The van der Waals surface area contributed by atoms with Gasteiger partial charge in [0.25, 0.3) is 11.9 Å². The second-order valence-corrected chi connectivity index (χ2v) is 7.28. The first-order valence-corrected chi connectivity index (χ1v) is 9.93. The molecule has 0 atom stereocenters. The topological polar surface area (TPSA) is 78.8 Å². The molecule has 0 aliphatic carbocycles. The number of thioether (sulfide) groups is 1. The number of aliphatic imine (C=N–C) groups is 1. The van der Waals surface area contributed by atoms with Crippen LogP contribution in [0.4, 0.5) is 5.69 Å². The van der Waals surface area contributed by atoms with Crippen molar-refractivity contribution in [3.8, 4) is 11.1 Å². The Morgan fingerprint density at radius 2 is 1.68 bits per heavy atom. The molecule has 1 fully saturated rings. The Kier molecular flexibility index (Phi) is 9.75. The van der Waals surface area contributed by atoms with E-state index in [9.17, 15) is 4.79 Å². The van der Waals surface area contributed by atoms with Gasteiger partial charge in [-0.2, -0.15) is 18.2 Å². The van der Waals surface area contributed by atoms with Gasteiger partial charge in [-0.15, -0.1) is 12.1 Å². The smallest absolute Gasteiger partial charge is 0.481 e. The summed E-state index contributed by atoms with van der Waals surface area (Å²) in [7, 11) is 0. The van der Waals surface area contributed by atoms with Gasteiger partial charge in [0.15, 0.2) is 5.17 Å². The zero-order valence-corrected chi connectivity index (χ0v) is 20.0. The molecular formula is C24H19N2NaO3S. The number of benzene rings is 3. The summed E-state index contributed by atoms with van der Waals surface area (Å²) in [6, 6.07) is 28.6. The Morgan fingerprint density at radius 3 is 2.35 bits per heavy atom. The van der Waals surface area contributed by atoms with E-state index in [4.69, 9.17) is 9.90 Å². The molecule has 0 unspecified atom stereocenters. The molecule has 150 valence electrons. The summed E-state index contributed by atoms with van der Waals surface area (Å²) >= 11 is 1.35. The van der Waals surface area contributed by atoms with Gasteiger partial charge >= 0.3 is 29.6 Å². The molecule has 0 saturated carbocycles. The van der Waals surface area contributed by atoms with Crippen LogP contribution in [0.15, 0.2) is 88.8 Å². The van der Waals surface area contributed by atoms with Gasteiger partial charge in [-0.05, 0) is 46.3 Å². The molecule has 4 rings (SSSR count). The molecule has 2 N–H and O–H groups in total. The van der Waals surface area contributed by atoms with Crippen molar-refractivity contribution in [3.63, 3.8) is 0 Å². The summed E-state index contributed by atoms with van der Waals surface area (Å²) in [6.45, 7) is 1.08. The number of amides is 1. The molecule has 0 bridgehead atoms. The summed E-state index contributed by atoms with van der Waals surface area (Å²) in [4.78, 5) is 26.3. The number of carbonyl (C=O) groups is 2. The average molecular weight is 438 g/mol. The van der Waals surface area contributed by atoms with Crippen molar-refractivity contribution < 1.29 is 44.3 Å². The molecule has 1 aliphatic rings. The van der Waals surface area contributed by atoms with Crippen LogP contribution < -0.4 is 34.9 Å². The van der Waals surface area contributed by atoms with Crippen molar-refractivity contribution >= 4 is 40.6 Å². The molecule has 0 spiro atoms. The Hall–Kier alpha value is -2.64. The summed E-state index contributed by atoms with van der Waals surface area (Å²) < 4.78 is 0. The molecule has 7 heteroatoms. The Morgan fingerprint density at radius 1 is 1.03 bits per heavy atom. The van der Waals surface area contributed by atoms with E-state index in [0.29, 0.717) is 10.1 Å². The van der Waals surface area contributed by atoms with Crippen LogP contribution in [-0.2, 0) is 9.59 Å². The van der Waals surface area contributed by atoms with Gasteiger partial charge < -0.3 is 10.4 Å². The first-order chi connectivity index (χ1) is 14.5. The number of hydrogen-bond donors (Lipinski definition) is 2. The van der Waals surface area contributed by atoms with Crippen molar-refractivity contribution in [2.75, 3.05) is 0 Å². The van der Waals surface area contributed by atoms with Crippen molar-refractivity contribution in [1.29, 1.82) is 0 Å². The maximum Gasteiger partial charge on any atom is 1.00 e. The molecule has 0 aromatic heterocycles. The summed E-state index contributed by atoms with van der Waals surface area (Å²) in [5.41, 5.74) is 4.05. The first kappa shape index (κ1) is 24.6. The van der Waals surface area contributed by atoms with Crippen LogP contribution in [0, 0.1) is 6.07 Å². The summed E-state index contributed by atoms with van der Waals surface area (Å²) in [6.07, 6.45) is 1.90. The van der Waals surface area contributed by atoms with Gasteiger partial charge in [0.1, 0.15) is 0 Å². The van der Waals surface area contributed by atoms with E-state index in [1.54, 1.807) is 12.1 Å². The van der Waals surface area contributed by atoms with E-state index >= 15 is 0 Å². The monoisotopic (exact) mass is 438 g/mol. The third-order valence-corrected chi connectivity index (χ3v) is 4.78. The minimum atomic E-state index is -0.833. The van der Waals surface area contributed by atoms with E-state index in [1.165, 1.54) is 11.8 Å². The standard InChI is InChI=1S/C22H15N2OS.C2H4O2.Na/c25-21-20(26-22(24-21)23-19-12-5-2-6-13-19)15-16-8-7-11-18(14-16)17-9-3-1-4-10-17;1-2(3)4;/h1,3-15H,(H,23,24,25);1H3,(H,3,4);/q-1;;+1/b20-15+;;. The predicted molar refractivity (Wildman–Crippen MR) is 121 cm³/mol. The molecule has 31 heavy (non-hydrogen) atoms. The maximum atomic E-state index is 12.2. The van der Waals surface area contributed by atoms with E-state index < -0.39 is 5.97 Å². The zero-order chi connectivity index (χ0) is 21.3. The Balaban J connectivity index is 0.000000631. The quantitative estimate of drug-likeness (QED) is 0.373. The third-order valence-electron chi connectivity index (χ3n) is 3.87. The van der Waals surface area contributed by atoms with Crippen molar-refractivity contribution in [1.82, 2.24) is 5.32 Å². The van der Waals surface area contributed by atoms with Gasteiger partial charge in [0, 0.05) is 6.92 Å². The number of amidine groups is 1. The van der Waals surface area contributed by atoms with Crippen LogP contribution in [0.2, 0.25) is 0 Å². The molecule has 3 aromatic rings. The zero-order valence-electron chi connectivity index (χ0n) is 17.2. The van der Waals surface area contributed by atoms with Crippen LogP contribution in [0.1, 0.15) is 12.5 Å². The number of carboxylic acids is 1. The molecular weight excluding hydrogens is 419 g/mol. The summed E-state index contributed by atoms with van der Waals surface area (Å²) in [5.74, 6) is -0.957. The molecule has 1 heterocycles. The second kappa shape index (κ2) is 12.3. The van der Waals surface area contributed by atoms with Crippen LogP contribution >= 0.6 is 11.8 Å². The minimum Gasteiger partial charge on any atom is -0.481 e. The molecule has 0 radical (unpaired) electrons. The first-order valence-electron chi connectivity index (χ1n) is 9.12. The van der Waals surface area contributed by atoms with Gasteiger partial charge in [0.05, 0.1) is 4.91 Å². The van der Waals surface area contributed by atoms with Crippen molar-refractivity contribution in [2.45, 2.75) is 6.92 Å². The fourth-order valence-electron chi connectivity index (χ4n) is 2.64. The fourth-order valence-corrected chi connectivity index (χ4v) is 3.48. The number of rotatable bonds is 3. The fraction of sp³-hybridized carbons (Fsp3) is 0.0417. The van der Waals surface area contributed by atoms with Crippen LogP contribution in [-0.4, -0.2) is 22.2 Å². The van der Waals surface area contributed by atoms with Crippen molar-refractivity contribution in [2.24, 2.45) is 4.99 Å². The predicted octanol–water partition coefficient (Wildman–Crippen LogP) is 2.14. The molecule has 5 nitrogen and oxygen atoms in total. The number of nitrogens with one attached hydrogen (secondary N) is 1. The molecule has 1 aliphatic heterocycles. The molecule has 1 amide bonds. The minimum absolute atomic E-state index is 0. The molecule has 3 aromatic carbocycles. The van der Waals surface area contributed by atoms with E-state index in [0.717, 1.165) is 29.3 Å². The van der Waals surface area contributed by atoms with Gasteiger partial charge in [0.2, 0.25) is 0 Å². The number of aliphatic carboxylic acids is 1. The van der Waals surface area contributed by atoms with E-state index in [2.05, 4.69) is 40.6 Å². The maximum absolute atomic E-state index is 12.2. The number of nitrogens with zero attached hydrogens (tertiary/aromatic N) is 1. The van der Waals surface area contributed by atoms with Gasteiger partial charge in [-0.1, -0.05) is 48.5 Å². The Labute approximate surface area is 207 Å². The summed E-state index contributed by atoms with van der Waals surface area (Å²) in [5, 5.41) is 10.8.